The van der Waals surface area contributed by atoms with E-state index in [0.717, 1.165) is 64.2 Å². The number of benzene rings is 2. The Balaban J connectivity index is 1.36. The zero-order chi connectivity index (χ0) is 25.5. The molecule has 0 radical (unpaired) electrons. The molecule has 2 aromatic carbocycles. The van der Waals surface area contributed by atoms with Crippen LogP contribution in [0, 0.1) is 20.8 Å². The molecule has 1 atom stereocenters. The highest BCUT2D eigenvalue weighted by Gasteiger charge is 2.44. The Kier molecular flexibility index (Phi) is 6.88. The molecule has 2 aliphatic heterocycles. The molecule has 0 aromatic heterocycles. The number of phenolic OH excluding ortho intramolecular Hbond substituents is 1. The summed E-state index contributed by atoms with van der Waals surface area (Å²) in [6, 6.07) is 7.43. The minimum absolute atomic E-state index is 0.123. The third-order valence-electron chi connectivity index (χ3n) is 6.87. The number of nitrogens with zero attached hydrogens (tertiary/aromatic N) is 1. The highest BCUT2D eigenvalue weighted by molar-refractivity contribution is 8.18. The minimum Gasteiger partial charge on any atom is -0.507 e. The van der Waals surface area contributed by atoms with Crippen LogP contribution in [0.25, 0.3) is 6.08 Å². The smallest absolute Gasteiger partial charge is 0.290 e. The topological polar surface area (TPSA) is 88.1 Å². The number of hydrogen-bond acceptors (Lipinski definition) is 7. The standard InChI is InChI=1S/C27H32N2O5S/c1-15-16(2)24-22(17(3)23(15)30)20(27(4,5)34-24)14-29(6)11-12-33-19-9-7-18(8-10-19)13-21-25(31)28-26(32)35-21/h7-10,13,20,30H,11-12,14H2,1-6H3,(H,28,31,32)/b21-13-. The van der Waals surface area contributed by atoms with E-state index in [1.807, 2.05) is 45.0 Å². The number of aromatic hydroxyl groups is 1. The van der Waals surface area contributed by atoms with E-state index < -0.39 is 0 Å². The fraction of sp³-hybridized carbons (Fsp3) is 0.407. The van der Waals surface area contributed by atoms with E-state index in [1.54, 1.807) is 6.08 Å². The van der Waals surface area contributed by atoms with Crippen molar-refractivity contribution < 1.29 is 24.2 Å². The van der Waals surface area contributed by atoms with Crippen LogP contribution in [-0.4, -0.2) is 53.5 Å². The number of thioether (sulfide) groups is 1. The van der Waals surface area contributed by atoms with Crippen LogP contribution in [0.2, 0.25) is 0 Å². The van der Waals surface area contributed by atoms with Gasteiger partial charge in [0.15, 0.2) is 0 Å². The first kappa shape index (κ1) is 25.1. The molecule has 2 amide bonds. The lowest BCUT2D eigenvalue weighted by molar-refractivity contribution is -0.115. The number of phenols is 1. The second kappa shape index (κ2) is 9.59. The van der Waals surface area contributed by atoms with Crippen LogP contribution in [0.1, 0.15) is 47.6 Å². The number of carbonyl (C=O) groups excluding carboxylic acids is 2. The van der Waals surface area contributed by atoms with Crippen LogP contribution >= 0.6 is 11.8 Å². The van der Waals surface area contributed by atoms with E-state index in [-0.39, 0.29) is 22.7 Å². The quantitative estimate of drug-likeness (QED) is 0.527. The first-order valence-corrected chi connectivity index (χ1v) is 12.5. The van der Waals surface area contributed by atoms with E-state index in [2.05, 4.69) is 31.1 Å². The van der Waals surface area contributed by atoms with Crippen LogP contribution in [0.15, 0.2) is 29.2 Å². The van der Waals surface area contributed by atoms with Crippen molar-refractivity contribution in [1.82, 2.24) is 10.2 Å². The number of ether oxygens (including phenoxy) is 2. The van der Waals surface area contributed by atoms with Gasteiger partial charge in [-0.25, -0.2) is 0 Å². The lowest BCUT2D eigenvalue weighted by atomic mass is 9.82. The zero-order valence-electron chi connectivity index (χ0n) is 21.0. The Hall–Kier alpha value is -2.97. The Labute approximate surface area is 210 Å². The van der Waals surface area contributed by atoms with Crippen LogP contribution < -0.4 is 14.8 Å². The van der Waals surface area contributed by atoms with Crippen molar-refractivity contribution in [3.8, 4) is 17.2 Å². The fourth-order valence-electron chi connectivity index (χ4n) is 4.63. The largest absolute Gasteiger partial charge is 0.507 e. The Morgan fingerprint density at radius 3 is 2.46 bits per heavy atom. The predicted octanol–water partition coefficient (Wildman–Crippen LogP) is 4.91. The van der Waals surface area contributed by atoms with Crippen molar-refractivity contribution >= 4 is 29.0 Å². The fourth-order valence-corrected chi connectivity index (χ4v) is 5.31. The number of imide groups is 1. The summed E-state index contributed by atoms with van der Waals surface area (Å²) in [4.78, 5) is 25.6. The minimum atomic E-state index is -0.378. The van der Waals surface area contributed by atoms with Crippen LogP contribution in [-0.2, 0) is 4.79 Å². The van der Waals surface area contributed by atoms with Gasteiger partial charge in [0, 0.05) is 24.6 Å². The number of nitrogens with one attached hydrogen (secondary N) is 1. The molecule has 1 fully saturated rings. The van der Waals surface area contributed by atoms with Gasteiger partial charge in [-0.3, -0.25) is 14.9 Å². The van der Waals surface area contributed by atoms with E-state index >= 15 is 0 Å². The third-order valence-corrected chi connectivity index (χ3v) is 7.68. The van der Waals surface area contributed by atoms with Gasteiger partial charge in [0.25, 0.3) is 11.1 Å². The number of hydrogen-bond donors (Lipinski definition) is 2. The second-order valence-corrected chi connectivity index (χ2v) is 10.8. The summed E-state index contributed by atoms with van der Waals surface area (Å²) in [6.07, 6.45) is 1.69. The van der Waals surface area contributed by atoms with Crippen molar-refractivity contribution in [2.75, 3.05) is 26.7 Å². The van der Waals surface area contributed by atoms with Crippen LogP contribution in [0.4, 0.5) is 4.79 Å². The SMILES string of the molecule is Cc1c(C)c2c(c(C)c1O)C(CN(C)CCOc1ccc(/C=C3\SC(=O)NC3=O)cc1)C(C)(C)O2. The summed E-state index contributed by atoms with van der Waals surface area (Å²) >= 11 is 0.903. The maximum absolute atomic E-state index is 11.7. The lowest BCUT2D eigenvalue weighted by Crippen LogP contribution is -2.38. The Morgan fingerprint density at radius 2 is 1.83 bits per heavy atom. The highest BCUT2D eigenvalue weighted by atomic mass is 32.2. The third kappa shape index (κ3) is 5.04. The van der Waals surface area contributed by atoms with E-state index in [4.69, 9.17) is 9.47 Å². The van der Waals surface area contributed by atoms with Crippen molar-refractivity contribution in [2.24, 2.45) is 0 Å². The molecular weight excluding hydrogens is 464 g/mol. The molecule has 186 valence electrons. The van der Waals surface area contributed by atoms with Gasteiger partial charge in [-0.15, -0.1) is 0 Å². The molecule has 35 heavy (non-hydrogen) atoms. The van der Waals surface area contributed by atoms with Crippen molar-refractivity contribution in [3.05, 3.63) is 57.0 Å². The molecule has 8 heteroatoms. The summed E-state index contributed by atoms with van der Waals surface area (Å²) in [5, 5.41) is 12.5. The summed E-state index contributed by atoms with van der Waals surface area (Å²) in [5.41, 5.74) is 4.33. The first-order chi connectivity index (χ1) is 16.5. The number of likely N-dealkylation sites (N-methyl/N-ethyl adjacent to an activating group) is 1. The van der Waals surface area contributed by atoms with Crippen molar-refractivity contribution in [2.45, 2.75) is 46.1 Å². The Bertz CT molecular complexity index is 1200. The molecule has 2 aliphatic rings. The maximum atomic E-state index is 11.7. The van der Waals surface area contributed by atoms with Crippen LogP contribution in [0.5, 0.6) is 17.2 Å². The number of carbonyl (C=O) groups is 2. The molecule has 0 aliphatic carbocycles. The van der Waals surface area contributed by atoms with Gasteiger partial charge in [0.2, 0.25) is 0 Å². The summed E-state index contributed by atoms with van der Waals surface area (Å²) in [6.45, 7) is 12.1. The predicted molar refractivity (Wildman–Crippen MR) is 138 cm³/mol. The highest BCUT2D eigenvalue weighted by Crippen LogP contribution is 2.51. The average molecular weight is 497 g/mol. The molecule has 1 saturated heterocycles. The molecule has 0 bridgehead atoms. The maximum Gasteiger partial charge on any atom is 0.290 e. The Morgan fingerprint density at radius 1 is 1.14 bits per heavy atom. The lowest BCUT2D eigenvalue weighted by Gasteiger charge is -2.30. The zero-order valence-corrected chi connectivity index (χ0v) is 21.8. The molecule has 7 nitrogen and oxygen atoms in total. The molecule has 2 heterocycles. The molecule has 1 unspecified atom stereocenters. The molecule has 4 rings (SSSR count). The first-order valence-electron chi connectivity index (χ1n) is 11.7. The van der Waals surface area contributed by atoms with Crippen molar-refractivity contribution in [1.29, 1.82) is 0 Å². The van der Waals surface area contributed by atoms with Gasteiger partial charge in [-0.05, 0) is 93.9 Å². The van der Waals surface area contributed by atoms with Crippen molar-refractivity contribution in [3.63, 3.8) is 0 Å². The summed E-state index contributed by atoms with van der Waals surface area (Å²) in [5.74, 6) is 1.76. The van der Waals surface area contributed by atoms with Gasteiger partial charge < -0.3 is 19.5 Å². The number of rotatable bonds is 7. The molecular formula is C27H32N2O5S. The second-order valence-electron chi connectivity index (χ2n) is 9.76. The van der Waals surface area contributed by atoms with Gasteiger partial charge in [-0.1, -0.05) is 12.1 Å². The van der Waals surface area contributed by atoms with Gasteiger partial charge in [0.1, 0.15) is 29.5 Å². The van der Waals surface area contributed by atoms with E-state index in [9.17, 15) is 14.7 Å². The van der Waals surface area contributed by atoms with Crippen LogP contribution in [0.3, 0.4) is 0 Å². The van der Waals surface area contributed by atoms with Gasteiger partial charge in [-0.2, -0.15) is 0 Å². The number of amides is 2. The average Bonchev–Trinajstić information content (AvgIpc) is 3.26. The molecule has 2 aromatic rings. The summed E-state index contributed by atoms with van der Waals surface area (Å²) in [7, 11) is 2.06. The van der Waals surface area contributed by atoms with E-state index in [0.29, 0.717) is 17.3 Å². The molecule has 0 saturated carbocycles. The van der Waals surface area contributed by atoms with Gasteiger partial charge in [0.05, 0.1) is 4.91 Å². The van der Waals surface area contributed by atoms with Gasteiger partial charge >= 0.3 is 0 Å². The monoisotopic (exact) mass is 496 g/mol. The normalized spacial score (nSPS) is 19.7. The number of fused-ring (bicyclic) bond motifs is 1. The van der Waals surface area contributed by atoms with E-state index in [1.165, 1.54) is 0 Å². The summed E-state index contributed by atoms with van der Waals surface area (Å²) < 4.78 is 12.3. The molecule has 0 spiro atoms. The molecule has 2 N–H and O–H groups in total.